The van der Waals surface area contributed by atoms with Crippen molar-refractivity contribution in [3.05, 3.63) is 66.4 Å². The van der Waals surface area contributed by atoms with Crippen molar-refractivity contribution in [2.24, 2.45) is 5.92 Å². The normalized spacial score (nSPS) is 16.6. The first-order valence-electron chi connectivity index (χ1n) is 10.5. The molecule has 1 aromatic carbocycles. The van der Waals surface area contributed by atoms with Crippen LogP contribution in [0.2, 0.25) is 0 Å². The fraction of sp³-hybridized carbons (Fsp3) is 0.304. The Morgan fingerprint density at radius 1 is 1.10 bits per heavy atom. The molecule has 158 valence electrons. The Hall–Kier alpha value is -3.52. The van der Waals surface area contributed by atoms with E-state index in [1.54, 1.807) is 6.20 Å². The minimum Gasteiger partial charge on any atom is -0.419 e. The molecule has 8 nitrogen and oxygen atoms in total. The van der Waals surface area contributed by atoms with Gasteiger partial charge in [-0.05, 0) is 37.9 Å². The van der Waals surface area contributed by atoms with Gasteiger partial charge in [-0.25, -0.2) is 4.98 Å². The van der Waals surface area contributed by atoms with Crippen molar-refractivity contribution in [1.29, 1.82) is 0 Å². The number of hydrogen-bond acceptors (Lipinski definition) is 8. The lowest BCUT2D eigenvalue weighted by molar-refractivity contribution is 0.283. The van der Waals surface area contributed by atoms with Crippen molar-refractivity contribution in [3.63, 3.8) is 0 Å². The van der Waals surface area contributed by atoms with Crippen molar-refractivity contribution < 1.29 is 8.94 Å². The Labute approximate surface area is 180 Å². The van der Waals surface area contributed by atoms with E-state index in [1.165, 1.54) is 0 Å². The molecule has 0 spiro atoms. The molecule has 8 heteroatoms. The van der Waals surface area contributed by atoms with E-state index in [9.17, 15) is 0 Å². The quantitative estimate of drug-likeness (QED) is 0.483. The number of likely N-dealkylation sites (tertiary alicyclic amines) is 1. The van der Waals surface area contributed by atoms with Gasteiger partial charge in [0.2, 0.25) is 5.89 Å². The van der Waals surface area contributed by atoms with Crippen LogP contribution in [0.1, 0.15) is 18.1 Å². The van der Waals surface area contributed by atoms with Gasteiger partial charge in [-0.3, -0.25) is 4.90 Å². The van der Waals surface area contributed by atoms with E-state index in [0.29, 0.717) is 30.0 Å². The van der Waals surface area contributed by atoms with E-state index in [0.717, 1.165) is 48.7 Å². The SMILES string of the molecule is Cc1onc(-c2ccccc2)c1-c1nnc(CN2CCC(CNc3ccccn3)C2)o1. The summed E-state index contributed by atoms with van der Waals surface area (Å²) < 4.78 is 11.4. The summed E-state index contributed by atoms with van der Waals surface area (Å²) in [6, 6.07) is 15.8. The molecule has 4 aromatic rings. The molecule has 1 atom stereocenters. The highest BCUT2D eigenvalue weighted by Gasteiger charge is 2.26. The highest BCUT2D eigenvalue weighted by molar-refractivity contribution is 5.77. The second kappa shape index (κ2) is 8.69. The van der Waals surface area contributed by atoms with Crippen molar-refractivity contribution in [1.82, 2.24) is 25.2 Å². The van der Waals surface area contributed by atoms with Crippen LogP contribution in [0.25, 0.3) is 22.7 Å². The average molecular weight is 416 g/mol. The third-order valence-electron chi connectivity index (χ3n) is 5.56. The van der Waals surface area contributed by atoms with E-state index in [1.807, 2.05) is 55.5 Å². The van der Waals surface area contributed by atoms with Crippen molar-refractivity contribution in [3.8, 4) is 22.7 Å². The Balaban J connectivity index is 1.23. The number of aryl methyl sites for hydroxylation is 1. The number of nitrogens with zero attached hydrogens (tertiary/aromatic N) is 5. The summed E-state index contributed by atoms with van der Waals surface area (Å²) in [5.74, 6) is 3.19. The molecule has 1 unspecified atom stereocenters. The van der Waals surface area contributed by atoms with E-state index in [-0.39, 0.29) is 0 Å². The zero-order valence-corrected chi connectivity index (χ0v) is 17.4. The molecule has 5 rings (SSSR count). The van der Waals surface area contributed by atoms with E-state index in [4.69, 9.17) is 8.94 Å². The van der Waals surface area contributed by atoms with Gasteiger partial charge in [0.15, 0.2) is 0 Å². The van der Waals surface area contributed by atoms with Crippen molar-refractivity contribution >= 4 is 5.82 Å². The van der Waals surface area contributed by atoms with Gasteiger partial charge in [-0.2, -0.15) is 0 Å². The number of rotatable bonds is 7. The molecule has 0 saturated carbocycles. The lowest BCUT2D eigenvalue weighted by Gasteiger charge is -2.14. The van der Waals surface area contributed by atoms with Gasteiger partial charge in [-0.15, -0.1) is 10.2 Å². The van der Waals surface area contributed by atoms with Gasteiger partial charge < -0.3 is 14.3 Å². The fourth-order valence-corrected chi connectivity index (χ4v) is 3.97. The molecule has 1 aliphatic heterocycles. The van der Waals surface area contributed by atoms with Crippen LogP contribution in [-0.2, 0) is 6.54 Å². The summed E-state index contributed by atoms with van der Waals surface area (Å²) in [4.78, 5) is 6.67. The van der Waals surface area contributed by atoms with Crippen molar-refractivity contribution in [2.75, 3.05) is 25.0 Å². The summed E-state index contributed by atoms with van der Waals surface area (Å²) >= 11 is 0. The third kappa shape index (κ3) is 4.34. The lowest BCUT2D eigenvalue weighted by atomic mass is 10.1. The molecule has 0 radical (unpaired) electrons. The number of hydrogen-bond donors (Lipinski definition) is 1. The largest absolute Gasteiger partial charge is 0.419 e. The minimum absolute atomic E-state index is 0.445. The number of benzene rings is 1. The number of aromatic nitrogens is 4. The van der Waals surface area contributed by atoms with Crippen LogP contribution < -0.4 is 5.32 Å². The summed E-state index contributed by atoms with van der Waals surface area (Å²) in [6.07, 6.45) is 2.93. The highest BCUT2D eigenvalue weighted by Crippen LogP contribution is 2.33. The van der Waals surface area contributed by atoms with Crippen LogP contribution in [0.3, 0.4) is 0 Å². The maximum absolute atomic E-state index is 6.01. The van der Waals surface area contributed by atoms with E-state index >= 15 is 0 Å². The topological polar surface area (TPSA) is 93.1 Å². The molecule has 0 bridgehead atoms. The number of pyridine rings is 1. The van der Waals surface area contributed by atoms with Crippen LogP contribution in [0.15, 0.2) is 63.7 Å². The molecule has 1 aliphatic rings. The molecular formula is C23H24N6O2. The summed E-state index contributed by atoms with van der Waals surface area (Å²) in [5.41, 5.74) is 2.43. The van der Waals surface area contributed by atoms with Crippen LogP contribution in [0.5, 0.6) is 0 Å². The van der Waals surface area contributed by atoms with Gasteiger partial charge in [0.25, 0.3) is 5.89 Å². The Kier molecular flexibility index (Phi) is 5.45. The van der Waals surface area contributed by atoms with Crippen LogP contribution in [0, 0.1) is 12.8 Å². The van der Waals surface area contributed by atoms with Gasteiger partial charge in [0.05, 0.1) is 6.54 Å². The molecule has 1 N–H and O–H groups in total. The molecule has 1 fully saturated rings. The Morgan fingerprint density at radius 3 is 2.81 bits per heavy atom. The van der Waals surface area contributed by atoms with Gasteiger partial charge in [0.1, 0.15) is 22.8 Å². The highest BCUT2D eigenvalue weighted by atomic mass is 16.5. The maximum atomic E-state index is 6.01. The summed E-state index contributed by atoms with van der Waals surface area (Å²) in [5, 5.41) is 16.2. The first-order chi connectivity index (χ1) is 15.3. The third-order valence-corrected chi connectivity index (χ3v) is 5.56. The molecule has 0 amide bonds. The number of nitrogens with one attached hydrogen (secondary N) is 1. The van der Waals surface area contributed by atoms with Crippen LogP contribution in [0.4, 0.5) is 5.82 Å². The first-order valence-corrected chi connectivity index (χ1v) is 10.5. The molecule has 0 aliphatic carbocycles. The summed E-state index contributed by atoms with van der Waals surface area (Å²) in [6.45, 7) is 5.40. The van der Waals surface area contributed by atoms with Gasteiger partial charge in [-0.1, -0.05) is 41.6 Å². The Bertz CT molecular complexity index is 1130. The molecule has 4 heterocycles. The van der Waals surface area contributed by atoms with E-state index < -0.39 is 0 Å². The number of anilines is 1. The first kappa shape index (κ1) is 19.4. The predicted molar refractivity (Wildman–Crippen MR) is 116 cm³/mol. The fourth-order valence-electron chi connectivity index (χ4n) is 3.97. The molecular weight excluding hydrogens is 392 g/mol. The van der Waals surface area contributed by atoms with Crippen molar-refractivity contribution in [2.45, 2.75) is 19.9 Å². The minimum atomic E-state index is 0.445. The van der Waals surface area contributed by atoms with Crippen LogP contribution in [-0.4, -0.2) is 44.9 Å². The van der Waals surface area contributed by atoms with E-state index in [2.05, 4.69) is 30.6 Å². The average Bonchev–Trinajstić information content (AvgIpc) is 3.54. The predicted octanol–water partition coefficient (Wildman–Crippen LogP) is 4.03. The monoisotopic (exact) mass is 416 g/mol. The molecule has 1 saturated heterocycles. The zero-order chi connectivity index (χ0) is 21.0. The standard InChI is InChI=1S/C23H24N6O2/c1-16-21(22(28-31-16)18-7-3-2-4-8-18)23-27-26-20(30-23)15-29-12-10-17(14-29)13-25-19-9-5-6-11-24-19/h2-9,11,17H,10,12-15H2,1H3,(H,24,25). The second-order valence-corrected chi connectivity index (χ2v) is 7.82. The summed E-state index contributed by atoms with van der Waals surface area (Å²) in [7, 11) is 0. The molecule has 3 aromatic heterocycles. The van der Waals surface area contributed by atoms with Gasteiger partial charge in [0, 0.05) is 24.8 Å². The maximum Gasteiger partial charge on any atom is 0.253 e. The second-order valence-electron chi connectivity index (χ2n) is 7.82. The van der Waals surface area contributed by atoms with Crippen LogP contribution >= 0.6 is 0 Å². The lowest BCUT2D eigenvalue weighted by Crippen LogP contribution is -2.23. The van der Waals surface area contributed by atoms with Gasteiger partial charge >= 0.3 is 0 Å². The smallest absolute Gasteiger partial charge is 0.253 e. The zero-order valence-electron chi connectivity index (χ0n) is 17.4. The Morgan fingerprint density at radius 2 is 1.97 bits per heavy atom. The molecule has 31 heavy (non-hydrogen) atoms.